The molecule has 1 unspecified atom stereocenters. The fraction of sp³-hybridized carbons (Fsp3) is 0.231. The Morgan fingerprint density at radius 3 is 2.28 bits per heavy atom. The Hall–Kier alpha value is -1.75. The Morgan fingerprint density at radius 1 is 1.11 bits per heavy atom. The van der Waals surface area contributed by atoms with E-state index in [9.17, 15) is 8.42 Å². The number of benzene rings is 1. The molecule has 4 N–H and O–H groups in total. The van der Waals surface area contributed by atoms with Gasteiger partial charge in [0.15, 0.2) is 0 Å². The predicted molar refractivity (Wildman–Crippen MR) is 72.2 cm³/mol. The van der Waals surface area contributed by atoms with Crippen LogP contribution in [0.25, 0.3) is 0 Å². The third-order valence-corrected chi connectivity index (χ3v) is 4.96. The van der Waals surface area contributed by atoms with Crippen molar-refractivity contribution >= 4 is 15.5 Å². The summed E-state index contributed by atoms with van der Waals surface area (Å²) in [6.07, 6.45) is 3.69. The second-order valence-corrected chi connectivity index (χ2v) is 6.48. The monoisotopic (exact) mass is 264 g/mol. The van der Waals surface area contributed by atoms with Crippen molar-refractivity contribution in [2.75, 3.05) is 5.73 Å². The van der Waals surface area contributed by atoms with Gasteiger partial charge in [-0.25, -0.2) is 8.42 Å². The van der Waals surface area contributed by atoms with Gasteiger partial charge in [0.2, 0.25) is 9.84 Å². The van der Waals surface area contributed by atoms with E-state index in [1.165, 1.54) is 12.1 Å². The Labute approximate surface area is 107 Å². The van der Waals surface area contributed by atoms with Crippen LogP contribution < -0.4 is 11.5 Å². The van der Waals surface area contributed by atoms with Crippen molar-refractivity contribution in [3.8, 4) is 0 Å². The molecule has 4 nitrogen and oxygen atoms in total. The number of anilines is 1. The molecule has 5 heteroatoms. The van der Waals surface area contributed by atoms with Gasteiger partial charge in [-0.3, -0.25) is 0 Å². The van der Waals surface area contributed by atoms with E-state index >= 15 is 0 Å². The number of allylic oxidation sites excluding steroid dienone is 4. The third-order valence-electron chi connectivity index (χ3n) is 3.07. The molecule has 0 fully saturated rings. The summed E-state index contributed by atoms with van der Waals surface area (Å²) in [6.45, 7) is 1.91. The molecule has 1 aliphatic rings. The molecule has 18 heavy (non-hydrogen) atoms. The van der Waals surface area contributed by atoms with E-state index in [2.05, 4.69) is 0 Å². The molecule has 0 aromatic heterocycles. The quantitative estimate of drug-likeness (QED) is 0.798. The number of hydrogen-bond acceptors (Lipinski definition) is 4. The number of sulfone groups is 1. The minimum absolute atomic E-state index is 0.0496. The second-order valence-electron chi connectivity index (χ2n) is 4.48. The molecule has 1 aromatic rings. The fourth-order valence-corrected chi connectivity index (χ4v) is 3.35. The van der Waals surface area contributed by atoms with E-state index in [4.69, 9.17) is 11.5 Å². The maximum absolute atomic E-state index is 12.4. The minimum Gasteiger partial charge on any atom is -0.402 e. The van der Waals surface area contributed by atoms with E-state index < -0.39 is 9.84 Å². The van der Waals surface area contributed by atoms with Gasteiger partial charge in [-0.1, -0.05) is 6.92 Å². The lowest BCUT2D eigenvalue weighted by Crippen LogP contribution is -2.16. The molecule has 1 aromatic carbocycles. The lowest BCUT2D eigenvalue weighted by atomic mass is 10.00. The predicted octanol–water partition coefficient (Wildman–Crippen LogP) is 1.81. The van der Waals surface area contributed by atoms with Crippen LogP contribution in [0.4, 0.5) is 5.69 Å². The van der Waals surface area contributed by atoms with Crippen LogP contribution in [-0.2, 0) is 9.84 Å². The van der Waals surface area contributed by atoms with E-state index in [-0.39, 0.29) is 10.8 Å². The molecule has 0 saturated carbocycles. The van der Waals surface area contributed by atoms with Crippen molar-refractivity contribution in [2.45, 2.75) is 18.2 Å². The first-order valence-electron chi connectivity index (χ1n) is 5.68. The number of rotatable bonds is 2. The standard InChI is InChI=1S/C13H16N2O2S/c1-9-8-12(6-7-13(9)15)18(16,17)11-4-2-10(14)3-5-11/h2-7,9H,8,14-15H2,1H3. The van der Waals surface area contributed by atoms with Crippen LogP contribution in [0.1, 0.15) is 13.3 Å². The van der Waals surface area contributed by atoms with Crippen molar-refractivity contribution in [2.24, 2.45) is 11.7 Å². The summed E-state index contributed by atoms with van der Waals surface area (Å²) in [4.78, 5) is 0.665. The van der Waals surface area contributed by atoms with Gasteiger partial charge < -0.3 is 11.5 Å². The van der Waals surface area contributed by atoms with Crippen LogP contribution in [0, 0.1) is 5.92 Å². The summed E-state index contributed by atoms with van der Waals surface area (Å²) < 4.78 is 24.7. The molecule has 0 saturated heterocycles. The SMILES string of the molecule is CC1CC(S(=O)(=O)c2ccc(N)cc2)=CC=C1N. The van der Waals surface area contributed by atoms with Crippen LogP contribution in [0.15, 0.2) is 51.9 Å². The summed E-state index contributed by atoms with van der Waals surface area (Å²) in [6, 6.07) is 6.23. The zero-order valence-corrected chi connectivity index (χ0v) is 10.9. The zero-order valence-electron chi connectivity index (χ0n) is 10.1. The molecule has 0 bridgehead atoms. The normalized spacial score (nSPS) is 20.2. The highest BCUT2D eigenvalue weighted by Gasteiger charge is 2.24. The van der Waals surface area contributed by atoms with Crippen LogP contribution >= 0.6 is 0 Å². The van der Waals surface area contributed by atoms with E-state index in [1.807, 2.05) is 6.92 Å². The van der Waals surface area contributed by atoms with Crippen molar-refractivity contribution in [3.05, 3.63) is 47.0 Å². The van der Waals surface area contributed by atoms with Gasteiger partial charge in [-0.05, 0) is 42.8 Å². The van der Waals surface area contributed by atoms with E-state index in [0.29, 0.717) is 22.7 Å². The van der Waals surface area contributed by atoms with Gasteiger partial charge in [0.1, 0.15) is 0 Å². The molecular weight excluding hydrogens is 248 g/mol. The van der Waals surface area contributed by atoms with Crippen molar-refractivity contribution in [1.29, 1.82) is 0 Å². The third kappa shape index (κ3) is 2.26. The highest BCUT2D eigenvalue weighted by molar-refractivity contribution is 7.95. The topological polar surface area (TPSA) is 86.2 Å². The average Bonchev–Trinajstić information content (AvgIpc) is 2.33. The largest absolute Gasteiger partial charge is 0.402 e. The van der Waals surface area contributed by atoms with Crippen LogP contribution in [-0.4, -0.2) is 8.42 Å². The summed E-state index contributed by atoms with van der Waals surface area (Å²) in [5.41, 5.74) is 12.6. The lowest BCUT2D eigenvalue weighted by molar-refractivity contribution is 0.591. The van der Waals surface area contributed by atoms with Gasteiger partial charge in [0.05, 0.1) is 4.90 Å². The Morgan fingerprint density at radius 2 is 1.72 bits per heavy atom. The number of hydrogen-bond donors (Lipinski definition) is 2. The molecule has 0 spiro atoms. The molecular formula is C13H16N2O2S. The van der Waals surface area contributed by atoms with Gasteiger partial charge in [0, 0.05) is 22.2 Å². The average molecular weight is 264 g/mol. The van der Waals surface area contributed by atoms with Crippen molar-refractivity contribution in [1.82, 2.24) is 0 Å². The minimum atomic E-state index is -3.43. The first-order chi connectivity index (χ1) is 8.41. The summed E-state index contributed by atoms with van der Waals surface area (Å²) >= 11 is 0. The zero-order chi connectivity index (χ0) is 13.3. The number of nitrogen functional groups attached to an aromatic ring is 1. The van der Waals surface area contributed by atoms with Crippen LogP contribution in [0.2, 0.25) is 0 Å². The molecule has 0 radical (unpaired) electrons. The Balaban J connectivity index is 2.41. The molecule has 0 amide bonds. The molecule has 0 aliphatic heterocycles. The van der Waals surface area contributed by atoms with Gasteiger partial charge in [-0.2, -0.15) is 0 Å². The highest BCUT2D eigenvalue weighted by Crippen LogP contribution is 2.30. The summed E-state index contributed by atoms with van der Waals surface area (Å²) in [7, 11) is -3.43. The maximum atomic E-state index is 12.4. The Bertz CT molecular complexity index is 613. The molecule has 1 atom stereocenters. The van der Waals surface area contributed by atoms with Gasteiger partial charge in [-0.15, -0.1) is 0 Å². The van der Waals surface area contributed by atoms with Crippen molar-refractivity contribution in [3.63, 3.8) is 0 Å². The second kappa shape index (κ2) is 4.49. The molecule has 0 heterocycles. The van der Waals surface area contributed by atoms with Crippen LogP contribution in [0.3, 0.4) is 0 Å². The molecule has 1 aliphatic carbocycles. The van der Waals surface area contributed by atoms with E-state index in [1.54, 1.807) is 24.3 Å². The summed E-state index contributed by atoms with van der Waals surface area (Å²) in [5.74, 6) is 0.0496. The molecule has 96 valence electrons. The molecule has 2 rings (SSSR count). The van der Waals surface area contributed by atoms with Gasteiger partial charge >= 0.3 is 0 Å². The lowest BCUT2D eigenvalue weighted by Gasteiger charge is -2.18. The fourth-order valence-electron chi connectivity index (χ4n) is 1.84. The smallest absolute Gasteiger partial charge is 0.202 e. The Kier molecular flexibility index (Phi) is 3.17. The maximum Gasteiger partial charge on any atom is 0.202 e. The van der Waals surface area contributed by atoms with Crippen molar-refractivity contribution < 1.29 is 8.42 Å². The van der Waals surface area contributed by atoms with E-state index in [0.717, 1.165) is 0 Å². The van der Waals surface area contributed by atoms with Crippen LogP contribution in [0.5, 0.6) is 0 Å². The first kappa shape index (κ1) is 12.7. The first-order valence-corrected chi connectivity index (χ1v) is 7.16. The van der Waals surface area contributed by atoms with Gasteiger partial charge in [0.25, 0.3) is 0 Å². The summed E-state index contributed by atoms with van der Waals surface area (Å²) in [5, 5.41) is 0. The number of nitrogens with two attached hydrogens (primary N) is 2. The highest BCUT2D eigenvalue weighted by atomic mass is 32.2.